The van der Waals surface area contributed by atoms with Gasteiger partial charge >= 0.3 is 0 Å². The van der Waals surface area contributed by atoms with Gasteiger partial charge in [-0.3, -0.25) is 0 Å². The SMILES string of the molecule is C=CC(NCCC)C1CCC(C(C)(C)C)CC1. The van der Waals surface area contributed by atoms with Crippen LogP contribution in [0, 0.1) is 17.3 Å². The molecule has 1 heteroatoms. The maximum atomic E-state index is 3.99. The highest BCUT2D eigenvalue weighted by atomic mass is 14.9. The second-order valence-electron chi connectivity index (χ2n) is 6.69. The van der Waals surface area contributed by atoms with Gasteiger partial charge in [0.1, 0.15) is 0 Å². The lowest BCUT2D eigenvalue weighted by atomic mass is 9.68. The van der Waals surface area contributed by atoms with Crippen molar-refractivity contribution in [3.05, 3.63) is 12.7 Å². The molecule has 1 saturated carbocycles. The lowest BCUT2D eigenvalue weighted by Crippen LogP contribution is -2.38. The van der Waals surface area contributed by atoms with Gasteiger partial charge in [0.05, 0.1) is 0 Å². The lowest BCUT2D eigenvalue weighted by molar-refractivity contribution is 0.140. The van der Waals surface area contributed by atoms with Crippen LogP contribution in [0.25, 0.3) is 0 Å². The van der Waals surface area contributed by atoms with Crippen LogP contribution in [-0.4, -0.2) is 12.6 Å². The molecule has 0 bridgehead atoms. The minimum atomic E-state index is 0.492. The molecule has 0 heterocycles. The first-order chi connectivity index (χ1) is 7.99. The standard InChI is InChI=1S/C16H31N/c1-6-12-17-15(7-2)13-8-10-14(11-9-13)16(3,4)5/h7,13-15,17H,2,6,8-12H2,1,3-5H3. The van der Waals surface area contributed by atoms with E-state index in [1.807, 2.05) is 0 Å². The molecule has 0 saturated heterocycles. The van der Waals surface area contributed by atoms with Crippen molar-refractivity contribution in [1.82, 2.24) is 5.32 Å². The summed E-state index contributed by atoms with van der Waals surface area (Å²) in [5.41, 5.74) is 0.492. The molecule has 1 nitrogen and oxygen atoms in total. The normalized spacial score (nSPS) is 27.8. The van der Waals surface area contributed by atoms with Crippen molar-refractivity contribution in [2.24, 2.45) is 17.3 Å². The second kappa shape index (κ2) is 6.58. The average molecular weight is 237 g/mol. The fraction of sp³-hybridized carbons (Fsp3) is 0.875. The number of hydrogen-bond donors (Lipinski definition) is 1. The third kappa shape index (κ3) is 4.46. The van der Waals surface area contributed by atoms with Gasteiger partial charge in [-0.15, -0.1) is 6.58 Å². The van der Waals surface area contributed by atoms with Gasteiger partial charge in [0.2, 0.25) is 0 Å². The first-order valence-corrected chi connectivity index (χ1v) is 7.35. The van der Waals surface area contributed by atoms with Gasteiger partial charge in [0.25, 0.3) is 0 Å². The molecule has 1 N–H and O–H groups in total. The molecule has 100 valence electrons. The number of rotatable bonds is 5. The van der Waals surface area contributed by atoms with E-state index in [0.29, 0.717) is 11.5 Å². The highest BCUT2D eigenvalue weighted by Gasteiger charge is 2.31. The van der Waals surface area contributed by atoms with Crippen LogP contribution in [0.5, 0.6) is 0 Å². The van der Waals surface area contributed by atoms with Gasteiger partial charge in [0, 0.05) is 6.04 Å². The zero-order valence-corrected chi connectivity index (χ0v) is 12.3. The zero-order chi connectivity index (χ0) is 12.9. The maximum Gasteiger partial charge on any atom is 0.0275 e. The molecule has 1 atom stereocenters. The predicted molar refractivity (Wildman–Crippen MR) is 77.2 cm³/mol. The zero-order valence-electron chi connectivity index (χ0n) is 12.3. The van der Waals surface area contributed by atoms with E-state index >= 15 is 0 Å². The van der Waals surface area contributed by atoms with Gasteiger partial charge in [-0.05, 0) is 55.9 Å². The first-order valence-electron chi connectivity index (χ1n) is 7.35. The smallest absolute Gasteiger partial charge is 0.0275 e. The van der Waals surface area contributed by atoms with Gasteiger partial charge in [0.15, 0.2) is 0 Å². The Kier molecular flexibility index (Phi) is 5.72. The Morgan fingerprint density at radius 3 is 2.24 bits per heavy atom. The van der Waals surface area contributed by atoms with E-state index in [4.69, 9.17) is 0 Å². The second-order valence-corrected chi connectivity index (χ2v) is 6.69. The summed E-state index contributed by atoms with van der Waals surface area (Å²) in [5.74, 6) is 1.73. The molecule has 0 aromatic rings. The molecule has 1 aliphatic carbocycles. The fourth-order valence-electron chi connectivity index (χ4n) is 3.10. The van der Waals surface area contributed by atoms with Crippen LogP contribution in [0.1, 0.15) is 59.8 Å². The van der Waals surface area contributed by atoms with E-state index in [-0.39, 0.29) is 0 Å². The summed E-state index contributed by atoms with van der Waals surface area (Å²) in [7, 11) is 0. The third-order valence-corrected chi connectivity index (χ3v) is 4.39. The predicted octanol–water partition coefficient (Wildman–Crippen LogP) is 4.39. The van der Waals surface area contributed by atoms with Crippen molar-refractivity contribution < 1.29 is 0 Å². The van der Waals surface area contributed by atoms with Crippen molar-refractivity contribution in [1.29, 1.82) is 0 Å². The van der Waals surface area contributed by atoms with Crippen LogP contribution in [-0.2, 0) is 0 Å². The van der Waals surface area contributed by atoms with E-state index in [1.165, 1.54) is 32.1 Å². The van der Waals surface area contributed by atoms with Crippen molar-refractivity contribution in [2.45, 2.75) is 65.8 Å². The summed E-state index contributed by atoms with van der Waals surface area (Å²) in [4.78, 5) is 0. The summed E-state index contributed by atoms with van der Waals surface area (Å²) in [6.07, 6.45) is 8.86. The van der Waals surface area contributed by atoms with Crippen molar-refractivity contribution >= 4 is 0 Å². The van der Waals surface area contributed by atoms with Crippen LogP contribution in [0.2, 0.25) is 0 Å². The molecule has 1 rings (SSSR count). The third-order valence-electron chi connectivity index (χ3n) is 4.39. The molecule has 1 fully saturated rings. The van der Waals surface area contributed by atoms with Crippen LogP contribution >= 0.6 is 0 Å². The molecule has 0 radical (unpaired) electrons. The van der Waals surface area contributed by atoms with Gasteiger partial charge in [-0.2, -0.15) is 0 Å². The Hall–Kier alpha value is -0.300. The topological polar surface area (TPSA) is 12.0 Å². The fourth-order valence-corrected chi connectivity index (χ4v) is 3.10. The van der Waals surface area contributed by atoms with Crippen LogP contribution < -0.4 is 5.32 Å². The highest BCUT2D eigenvalue weighted by molar-refractivity contribution is 4.94. The molecule has 0 aromatic carbocycles. The molecule has 0 amide bonds. The van der Waals surface area contributed by atoms with Crippen molar-refractivity contribution in [3.63, 3.8) is 0 Å². The Morgan fingerprint density at radius 2 is 1.82 bits per heavy atom. The lowest BCUT2D eigenvalue weighted by Gasteiger charge is -2.39. The van der Waals surface area contributed by atoms with Crippen LogP contribution in [0.15, 0.2) is 12.7 Å². The Labute approximate surface area is 108 Å². The summed E-state index contributed by atoms with van der Waals surface area (Å²) in [6, 6.07) is 0.538. The molecule has 0 aromatic heterocycles. The molecule has 1 unspecified atom stereocenters. The Balaban J connectivity index is 2.42. The van der Waals surface area contributed by atoms with E-state index in [2.05, 4.69) is 45.7 Å². The van der Waals surface area contributed by atoms with Crippen molar-refractivity contribution in [3.8, 4) is 0 Å². The summed E-state index contributed by atoms with van der Waals surface area (Å²) < 4.78 is 0. The van der Waals surface area contributed by atoms with Crippen LogP contribution in [0.3, 0.4) is 0 Å². The van der Waals surface area contributed by atoms with Crippen LogP contribution in [0.4, 0.5) is 0 Å². The quantitative estimate of drug-likeness (QED) is 0.699. The molecule has 17 heavy (non-hydrogen) atoms. The van der Waals surface area contributed by atoms with E-state index in [9.17, 15) is 0 Å². The molecule has 1 aliphatic rings. The van der Waals surface area contributed by atoms with Crippen molar-refractivity contribution in [2.75, 3.05) is 6.54 Å². The molecular weight excluding hydrogens is 206 g/mol. The monoisotopic (exact) mass is 237 g/mol. The largest absolute Gasteiger partial charge is 0.310 e. The summed E-state index contributed by atoms with van der Waals surface area (Å²) in [5, 5.41) is 3.62. The average Bonchev–Trinajstić information content (AvgIpc) is 2.29. The highest BCUT2D eigenvalue weighted by Crippen LogP contribution is 2.40. The van der Waals surface area contributed by atoms with E-state index in [1.54, 1.807) is 0 Å². The number of nitrogens with one attached hydrogen (secondary N) is 1. The Morgan fingerprint density at radius 1 is 1.24 bits per heavy atom. The van der Waals surface area contributed by atoms with Gasteiger partial charge in [-0.1, -0.05) is 33.8 Å². The van der Waals surface area contributed by atoms with Gasteiger partial charge < -0.3 is 5.32 Å². The first kappa shape index (κ1) is 14.8. The minimum Gasteiger partial charge on any atom is -0.310 e. The van der Waals surface area contributed by atoms with E-state index < -0.39 is 0 Å². The van der Waals surface area contributed by atoms with Gasteiger partial charge in [-0.25, -0.2) is 0 Å². The summed E-state index contributed by atoms with van der Waals surface area (Å²) in [6.45, 7) is 14.5. The van der Waals surface area contributed by atoms with E-state index in [0.717, 1.165) is 18.4 Å². The molecular formula is C16H31N. The number of hydrogen-bond acceptors (Lipinski definition) is 1. The molecule has 0 spiro atoms. The maximum absolute atomic E-state index is 3.99. The Bertz CT molecular complexity index is 218. The minimum absolute atomic E-state index is 0.492. The summed E-state index contributed by atoms with van der Waals surface area (Å²) >= 11 is 0. The molecule has 0 aliphatic heterocycles.